The minimum absolute atomic E-state index is 0.0472. The molecule has 3 nitrogen and oxygen atoms in total. The number of Topliss-reactive ketones (excluding diaryl/α,β-unsaturated/α-hetero) is 1. The number of aryl methyl sites for hydroxylation is 1. The van der Waals surface area contributed by atoms with Gasteiger partial charge in [-0.2, -0.15) is 0 Å². The first kappa shape index (κ1) is 19.3. The fourth-order valence-corrected chi connectivity index (χ4v) is 2.78. The Labute approximate surface area is 165 Å². The third-order valence-electron chi connectivity index (χ3n) is 4.42. The van der Waals surface area contributed by atoms with E-state index in [1.54, 1.807) is 25.1 Å². The minimum Gasteiger partial charge on any atom is -0.423 e. The molecule has 28 heavy (non-hydrogen) atoms. The Bertz CT molecular complexity index is 1070. The first-order valence-corrected chi connectivity index (χ1v) is 9.09. The van der Waals surface area contributed by atoms with Gasteiger partial charge in [-0.05, 0) is 65.6 Å². The second-order valence-electron chi connectivity index (χ2n) is 6.89. The number of ether oxygens (including phenoxy) is 1. The van der Waals surface area contributed by atoms with Crippen LogP contribution >= 0.6 is 0 Å². The van der Waals surface area contributed by atoms with Gasteiger partial charge in [0.25, 0.3) is 0 Å². The molecule has 0 aliphatic rings. The van der Waals surface area contributed by atoms with Crippen molar-refractivity contribution >= 4 is 28.6 Å². The van der Waals surface area contributed by atoms with E-state index in [1.165, 1.54) is 6.08 Å². The zero-order valence-electron chi connectivity index (χ0n) is 16.1. The summed E-state index contributed by atoms with van der Waals surface area (Å²) in [5.41, 5.74) is 3.54. The van der Waals surface area contributed by atoms with Crippen molar-refractivity contribution in [3.8, 4) is 5.75 Å². The van der Waals surface area contributed by atoms with E-state index >= 15 is 0 Å². The average Bonchev–Trinajstić information content (AvgIpc) is 2.68. The van der Waals surface area contributed by atoms with Crippen molar-refractivity contribution in [1.29, 1.82) is 0 Å². The van der Waals surface area contributed by atoms with Gasteiger partial charge < -0.3 is 4.74 Å². The first-order valence-electron chi connectivity index (χ1n) is 9.09. The van der Waals surface area contributed by atoms with Crippen molar-refractivity contribution < 1.29 is 14.3 Å². The summed E-state index contributed by atoms with van der Waals surface area (Å²) in [4.78, 5) is 23.8. The van der Waals surface area contributed by atoms with Gasteiger partial charge >= 0.3 is 5.97 Å². The van der Waals surface area contributed by atoms with Gasteiger partial charge in [0.1, 0.15) is 5.75 Å². The number of benzene rings is 3. The van der Waals surface area contributed by atoms with Crippen molar-refractivity contribution in [3.63, 3.8) is 0 Å². The van der Waals surface area contributed by atoms with Crippen LogP contribution in [0.4, 0.5) is 0 Å². The zero-order chi connectivity index (χ0) is 20.1. The lowest BCUT2D eigenvalue weighted by atomic mass is 10.00. The average molecular weight is 370 g/mol. The fraction of sp³-hybridized carbons (Fsp3) is 0.120. The Morgan fingerprint density at radius 3 is 2.36 bits per heavy atom. The van der Waals surface area contributed by atoms with Crippen LogP contribution in [-0.4, -0.2) is 11.8 Å². The molecule has 3 rings (SSSR count). The van der Waals surface area contributed by atoms with Gasteiger partial charge in [-0.25, -0.2) is 4.79 Å². The highest BCUT2D eigenvalue weighted by molar-refractivity contribution is 5.96. The molecule has 0 saturated carbocycles. The van der Waals surface area contributed by atoms with E-state index in [9.17, 15) is 9.59 Å². The number of fused-ring (bicyclic) bond motifs is 1. The molecule has 3 heteroatoms. The predicted octanol–water partition coefficient (Wildman–Crippen LogP) is 5.45. The van der Waals surface area contributed by atoms with Crippen LogP contribution in [0.2, 0.25) is 0 Å². The number of esters is 1. The molecule has 0 spiro atoms. The van der Waals surface area contributed by atoms with Crippen LogP contribution in [0, 0.1) is 6.92 Å². The molecule has 0 heterocycles. The molecular formula is C25H22O3. The SMILES string of the molecule is C=C(C)C(=O)Cc1ccc2cc(/C=C/C(=O)Oc3ccc(C)cc3)ccc2c1. The number of rotatable bonds is 6. The number of hydrogen-bond acceptors (Lipinski definition) is 3. The lowest BCUT2D eigenvalue weighted by Gasteiger charge is -2.05. The summed E-state index contributed by atoms with van der Waals surface area (Å²) < 4.78 is 5.29. The highest BCUT2D eigenvalue weighted by Gasteiger charge is 2.05. The molecule has 0 fully saturated rings. The minimum atomic E-state index is -0.419. The maximum Gasteiger partial charge on any atom is 0.336 e. The van der Waals surface area contributed by atoms with Gasteiger partial charge in [0, 0.05) is 12.5 Å². The van der Waals surface area contributed by atoms with Crippen molar-refractivity contribution in [2.75, 3.05) is 0 Å². The second-order valence-corrected chi connectivity index (χ2v) is 6.89. The molecule has 0 radical (unpaired) electrons. The van der Waals surface area contributed by atoms with Gasteiger partial charge in [0.05, 0.1) is 0 Å². The number of hydrogen-bond donors (Lipinski definition) is 0. The molecule has 3 aromatic carbocycles. The molecule has 0 aliphatic heterocycles. The normalized spacial score (nSPS) is 10.9. The fourth-order valence-electron chi connectivity index (χ4n) is 2.78. The van der Waals surface area contributed by atoms with E-state index in [4.69, 9.17) is 4.74 Å². The quantitative estimate of drug-likeness (QED) is 0.329. The van der Waals surface area contributed by atoms with Crippen LogP contribution in [0.15, 0.2) is 78.9 Å². The Balaban J connectivity index is 1.70. The molecule has 140 valence electrons. The summed E-state index contributed by atoms with van der Waals surface area (Å²) in [5, 5.41) is 2.09. The number of allylic oxidation sites excluding steroid dienone is 1. The number of ketones is 1. The van der Waals surface area contributed by atoms with Gasteiger partial charge in [-0.15, -0.1) is 0 Å². The zero-order valence-corrected chi connectivity index (χ0v) is 16.1. The molecule has 0 saturated heterocycles. The molecule has 0 bridgehead atoms. The van der Waals surface area contributed by atoms with Crippen molar-refractivity contribution in [2.45, 2.75) is 20.3 Å². The van der Waals surface area contributed by atoms with Gasteiger partial charge in [-0.1, -0.05) is 54.6 Å². The molecule has 0 aliphatic carbocycles. The Morgan fingerprint density at radius 1 is 0.964 bits per heavy atom. The monoisotopic (exact) mass is 370 g/mol. The summed E-state index contributed by atoms with van der Waals surface area (Å²) >= 11 is 0. The van der Waals surface area contributed by atoms with Gasteiger partial charge in [0.2, 0.25) is 0 Å². The van der Waals surface area contributed by atoms with Crippen LogP contribution in [0.25, 0.3) is 16.8 Å². The third kappa shape index (κ3) is 5.04. The van der Waals surface area contributed by atoms with E-state index < -0.39 is 5.97 Å². The topological polar surface area (TPSA) is 43.4 Å². The maximum absolute atomic E-state index is 12.0. The van der Waals surface area contributed by atoms with E-state index in [2.05, 4.69) is 6.58 Å². The summed E-state index contributed by atoms with van der Waals surface area (Å²) in [5.74, 6) is 0.152. The summed E-state index contributed by atoms with van der Waals surface area (Å²) in [6.07, 6.45) is 3.51. The van der Waals surface area contributed by atoms with E-state index in [-0.39, 0.29) is 5.78 Å². The first-order chi connectivity index (χ1) is 13.4. The highest BCUT2D eigenvalue weighted by atomic mass is 16.5. The van der Waals surface area contributed by atoms with E-state index in [0.29, 0.717) is 17.7 Å². The Morgan fingerprint density at radius 2 is 1.64 bits per heavy atom. The second kappa shape index (κ2) is 8.49. The van der Waals surface area contributed by atoms with Crippen LogP contribution in [0.5, 0.6) is 5.75 Å². The molecular weight excluding hydrogens is 348 g/mol. The van der Waals surface area contributed by atoms with Crippen molar-refractivity contribution in [2.24, 2.45) is 0 Å². The van der Waals surface area contributed by atoms with Crippen LogP contribution < -0.4 is 4.74 Å². The lowest BCUT2D eigenvalue weighted by Crippen LogP contribution is -2.03. The van der Waals surface area contributed by atoms with Gasteiger partial charge in [0.15, 0.2) is 5.78 Å². The summed E-state index contributed by atoms with van der Waals surface area (Å²) in [7, 11) is 0. The molecule has 0 unspecified atom stereocenters. The summed E-state index contributed by atoms with van der Waals surface area (Å²) in [6.45, 7) is 7.40. The van der Waals surface area contributed by atoms with Gasteiger partial charge in [-0.3, -0.25) is 4.79 Å². The third-order valence-corrected chi connectivity index (χ3v) is 4.42. The molecule has 0 aromatic heterocycles. The maximum atomic E-state index is 12.0. The highest BCUT2D eigenvalue weighted by Crippen LogP contribution is 2.20. The molecule has 0 N–H and O–H groups in total. The van der Waals surface area contributed by atoms with Crippen molar-refractivity contribution in [1.82, 2.24) is 0 Å². The molecule has 3 aromatic rings. The summed E-state index contributed by atoms with van der Waals surface area (Å²) in [6, 6.07) is 19.2. The van der Waals surface area contributed by atoms with Crippen LogP contribution in [0.1, 0.15) is 23.6 Å². The Hall–Kier alpha value is -3.46. The number of carbonyl (C=O) groups excluding carboxylic acids is 2. The lowest BCUT2D eigenvalue weighted by molar-refractivity contribution is -0.128. The number of carbonyl (C=O) groups is 2. The largest absolute Gasteiger partial charge is 0.423 e. The van der Waals surface area contributed by atoms with E-state index in [0.717, 1.165) is 27.5 Å². The van der Waals surface area contributed by atoms with E-state index in [1.807, 2.05) is 55.5 Å². The van der Waals surface area contributed by atoms with Crippen LogP contribution in [0.3, 0.4) is 0 Å². The molecule has 0 atom stereocenters. The smallest absolute Gasteiger partial charge is 0.336 e. The van der Waals surface area contributed by atoms with Crippen LogP contribution in [-0.2, 0) is 16.0 Å². The predicted molar refractivity (Wildman–Crippen MR) is 113 cm³/mol. The van der Waals surface area contributed by atoms with Crippen molar-refractivity contribution in [3.05, 3.63) is 95.6 Å². The Kier molecular flexibility index (Phi) is 5.85. The molecule has 0 amide bonds. The standard InChI is InChI=1S/C25H22O3/c1-17(2)24(26)16-20-7-10-21-14-19(6-9-22(21)15-20)8-13-25(27)28-23-11-4-18(3)5-12-23/h4-15H,1,16H2,2-3H3/b13-8+.